The van der Waals surface area contributed by atoms with Crippen LogP contribution in [0.15, 0.2) is 24.3 Å². The standard InChI is InChI=1S/C18H24NO8P/c20-13-3-1-12(2-4-13)11-14(18(26)27)19-15(21)5-8-28(9-6-16(22)23)10-7-17(24)25/h1-4,14,20H,5-11H2,(H,19,21)(H,22,23)(H,24,25)(H,26,27)/t14-/m0/s1. The molecule has 0 heterocycles. The highest BCUT2D eigenvalue weighted by atomic mass is 31.1. The number of rotatable bonds is 13. The smallest absolute Gasteiger partial charge is 0.326 e. The number of hydrogen-bond acceptors (Lipinski definition) is 5. The normalized spacial score (nSPS) is 11.8. The molecule has 1 amide bonds. The largest absolute Gasteiger partial charge is 0.508 e. The van der Waals surface area contributed by atoms with Crippen LogP contribution in [0.2, 0.25) is 0 Å². The number of aliphatic carboxylic acids is 3. The molecular weight excluding hydrogens is 389 g/mol. The van der Waals surface area contributed by atoms with Crippen LogP contribution in [0.4, 0.5) is 0 Å². The van der Waals surface area contributed by atoms with Gasteiger partial charge < -0.3 is 25.7 Å². The lowest BCUT2D eigenvalue weighted by Crippen LogP contribution is -2.42. The van der Waals surface area contributed by atoms with Crippen molar-refractivity contribution >= 4 is 31.7 Å². The zero-order valence-electron chi connectivity index (χ0n) is 15.2. The summed E-state index contributed by atoms with van der Waals surface area (Å²) in [6, 6.07) is 4.84. The van der Waals surface area contributed by atoms with Crippen LogP contribution in [0.3, 0.4) is 0 Å². The maximum atomic E-state index is 12.1. The van der Waals surface area contributed by atoms with Crippen LogP contribution in [-0.4, -0.2) is 68.8 Å². The molecule has 9 nitrogen and oxygen atoms in total. The molecule has 1 atom stereocenters. The van der Waals surface area contributed by atoms with Crippen molar-refractivity contribution in [3.63, 3.8) is 0 Å². The molecule has 5 N–H and O–H groups in total. The Kier molecular flexibility index (Phi) is 9.95. The van der Waals surface area contributed by atoms with Gasteiger partial charge in [0, 0.05) is 25.7 Å². The molecule has 0 aromatic heterocycles. The van der Waals surface area contributed by atoms with E-state index >= 15 is 0 Å². The molecule has 0 bridgehead atoms. The molecule has 0 unspecified atom stereocenters. The van der Waals surface area contributed by atoms with Crippen LogP contribution in [0, 0.1) is 0 Å². The molecule has 0 fully saturated rings. The van der Waals surface area contributed by atoms with Crippen molar-refractivity contribution in [1.82, 2.24) is 5.32 Å². The average Bonchev–Trinajstić information content (AvgIpc) is 2.61. The summed E-state index contributed by atoms with van der Waals surface area (Å²) in [5.41, 5.74) is 0.635. The number of carboxylic acids is 3. The Morgan fingerprint density at radius 3 is 1.82 bits per heavy atom. The van der Waals surface area contributed by atoms with E-state index in [0.29, 0.717) is 24.0 Å². The number of aromatic hydroxyl groups is 1. The first-order chi connectivity index (χ1) is 13.2. The van der Waals surface area contributed by atoms with Crippen LogP contribution >= 0.6 is 7.92 Å². The SMILES string of the molecule is O=C(O)CCP(CCC(=O)O)CCC(=O)N[C@@H](Cc1ccc(O)cc1)C(=O)O. The first-order valence-electron chi connectivity index (χ1n) is 8.63. The van der Waals surface area contributed by atoms with Gasteiger partial charge in [0.15, 0.2) is 0 Å². The van der Waals surface area contributed by atoms with Crippen LogP contribution in [0.25, 0.3) is 0 Å². The van der Waals surface area contributed by atoms with Crippen LogP contribution < -0.4 is 5.32 Å². The molecule has 10 heteroatoms. The van der Waals surface area contributed by atoms with E-state index in [9.17, 15) is 29.4 Å². The molecule has 0 radical (unpaired) electrons. The molecule has 0 saturated heterocycles. The summed E-state index contributed by atoms with van der Waals surface area (Å²) in [6.07, 6.45) is 0.852. The van der Waals surface area contributed by atoms with E-state index in [1.54, 1.807) is 12.1 Å². The van der Waals surface area contributed by atoms with Gasteiger partial charge in [-0.25, -0.2) is 4.79 Å². The topological polar surface area (TPSA) is 161 Å². The van der Waals surface area contributed by atoms with Gasteiger partial charge in [-0.05, 0) is 36.2 Å². The minimum absolute atomic E-state index is 0.00427. The van der Waals surface area contributed by atoms with Crippen molar-refractivity contribution in [2.45, 2.75) is 31.7 Å². The lowest BCUT2D eigenvalue weighted by molar-refractivity contribution is -0.141. The monoisotopic (exact) mass is 413 g/mol. The zero-order chi connectivity index (χ0) is 21.1. The third kappa shape index (κ3) is 9.87. The van der Waals surface area contributed by atoms with Gasteiger partial charge in [0.05, 0.1) is 0 Å². The summed E-state index contributed by atoms with van der Waals surface area (Å²) < 4.78 is 0. The molecular formula is C18H24NO8P. The minimum atomic E-state index is -1.19. The second-order valence-electron chi connectivity index (χ2n) is 6.21. The Morgan fingerprint density at radius 2 is 1.36 bits per heavy atom. The summed E-state index contributed by atoms with van der Waals surface area (Å²) in [4.78, 5) is 45.0. The fourth-order valence-electron chi connectivity index (χ4n) is 2.44. The molecule has 1 rings (SSSR count). The molecule has 1 aromatic carbocycles. The van der Waals surface area contributed by atoms with Gasteiger partial charge in [0.25, 0.3) is 0 Å². The maximum Gasteiger partial charge on any atom is 0.326 e. The summed E-state index contributed by atoms with van der Waals surface area (Å²) in [6.45, 7) is 0. The van der Waals surface area contributed by atoms with Crippen molar-refractivity contribution in [3.05, 3.63) is 29.8 Å². The number of phenolic OH excluding ortho intramolecular Hbond substituents is 1. The van der Waals surface area contributed by atoms with Gasteiger partial charge >= 0.3 is 17.9 Å². The van der Waals surface area contributed by atoms with E-state index in [1.165, 1.54) is 12.1 Å². The second kappa shape index (κ2) is 11.9. The number of hydrogen-bond donors (Lipinski definition) is 5. The predicted molar refractivity (Wildman–Crippen MR) is 102 cm³/mol. The van der Waals surface area contributed by atoms with Gasteiger partial charge in [-0.2, -0.15) is 0 Å². The van der Waals surface area contributed by atoms with Crippen LogP contribution in [-0.2, 0) is 25.6 Å². The third-order valence-corrected chi connectivity index (χ3v) is 6.52. The van der Waals surface area contributed by atoms with Gasteiger partial charge in [-0.15, -0.1) is 7.92 Å². The number of carboxylic acid groups (broad SMARTS) is 3. The number of nitrogens with one attached hydrogen (secondary N) is 1. The average molecular weight is 413 g/mol. The van der Waals surface area contributed by atoms with E-state index in [-0.39, 0.29) is 31.4 Å². The third-order valence-electron chi connectivity index (χ3n) is 3.95. The van der Waals surface area contributed by atoms with Crippen molar-refractivity contribution in [2.75, 3.05) is 18.5 Å². The Balaban J connectivity index is 2.58. The first-order valence-corrected chi connectivity index (χ1v) is 10.5. The maximum absolute atomic E-state index is 12.1. The van der Waals surface area contributed by atoms with Crippen LogP contribution in [0.1, 0.15) is 24.8 Å². The van der Waals surface area contributed by atoms with E-state index in [1.807, 2.05) is 0 Å². The van der Waals surface area contributed by atoms with E-state index in [2.05, 4.69) is 5.32 Å². The number of carbonyl (C=O) groups is 4. The van der Waals surface area contributed by atoms with Gasteiger partial charge in [0.2, 0.25) is 5.91 Å². The predicted octanol–water partition coefficient (Wildman–Crippen LogP) is 1.33. The Hall–Kier alpha value is -2.67. The summed E-state index contributed by atoms with van der Waals surface area (Å²) >= 11 is 0. The summed E-state index contributed by atoms with van der Waals surface area (Å²) in [5, 5.41) is 38.6. The van der Waals surface area contributed by atoms with E-state index in [4.69, 9.17) is 10.2 Å². The molecule has 0 saturated carbocycles. The van der Waals surface area contributed by atoms with Crippen LogP contribution in [0.5, 0.6) is 5.75 Å². The zero-order valence-corrected chi connectivity index (χ0v) is 16.1. The highest BCUT2D eigenvalue weighted by Crippen LogP contribution is 2.37. The molecule has 0 aliphatic rings. The molecule has 1 aromatic rings. The lowest BCUT2D eigenvalue weighted by atomic mass is 10.1. The number of carbonyl (C=O) groups excluding carboxylic acids is 1. The molecule has 154 valence electrons. The number of amides is 1. The Bertz CT molecular complexity index is 673. The van der Waals surface area contributed by atoms with Crippen molar-refractivity contribution in [2.24, 2.45) is 0 Å². The minimum Gasteiger partial charge on any atom is -0.508 e. The van der Waals surface area contributed by atoms with E-state index < -0.39 is 37.8 Å². The van der Waals surface area contributed by atoms with Gasteiger partial charge in [-0.3, -0.25) is 14.4 Å². The number of benzene rings is 1. The summed E-state index contributed by atoms with van der Waals surface area (Å²) in [5.74, 6) is -3.58. The quantitative estimate of drug-likeness (QED) is 0.303. The highest BCUT2D eigenvalue weighted by molar-refractivity contribution is 7.57. The fourth-order valence-corrected chi connectivity index (χ4v) is 4.64. The molecule has 0 aliphatic heterocycles. The lowest BCUT2D eigenvalue weighted by Gasteiger charge is -2.18. The van der Waals surface area contributed by atoms with Crippen molar-refractivity contribution in [1.29, 1.82) is 0 Å². The second-order valence-corrected chi connectivity index (χ2v) is 8.89. The highest BCUT2D eigenvalue weighted by Gasteiger charge is 2.21. The first kappa shape index (κ1) is 23.4. The Morgan fingerprint density at radius 1 is 0.857 bits per heavy atom. The molecule has 0 aliphatic carbocycles. The van der Waals surface area contributed by atoms with E-state index in [0.717, 1.165) is 0 Å². The molecule has 0 spiro atoms. The summed E-state index contributed by atoms with van der Waals surface area (Å²) in [7, 11) is -0.948. The number of phenols is 1. The Labute approximate surface area is 163 Å². The molecule has 28 heavy (non-hydrogen) atoms. The van der Waals surface area contributed by atoms with Crippen molar-refractivity contribution < 1.29 is 39.6 Å². The van der Waals surface area contributed by atoms with Gasteiger partial charge in [-0.1, -0.05) is 12.1 Å². The fraction of sp³-hybridized carbons (Fsp3) is 0.444. The van der Waals surface area contributed by atoms with Gasteiger partial charge in [0.1, 0.15) is 11.8 Å². The van der Waals surface area contributed by atoms with Crippen molar-refractivity contribution in [3.8, 4) is 5.75 Å².